The molecule has 0 amide bonds. The second kappa shape index (κ2) is 0.850. The third-order valence-corrected chi connectivity index (χ3v) is 1.34. The van der Waals surface area contributed by atoms with Gasteiger partial charge in [0.05, 0.1) is 13.6 Å². The van der Waals surface area contributed by atoms with Gasteiger partial charge in [0.2, 0.25) is 0 Å². The van der Waals surface area contributed by atoms with Gasteiger partial charge in [0, 0.05) is 0 Å². The van der Waals surface area contributed by atoms with Crippen LogP contribution in [0.5, 0.6) is 0 Å². The molecule has 0 saturated carbocycles. The summed E-state index contributed by atoms with van der Waals surface area (Å²) in [5.41, 5.74) is 0. The summed E-state index contributed by atoms with van der Waals surface area (Å²) < 4.78 is 1.07. The molecular weight excluding hydrogens is 74.1 g/mol. The minimum Gasteiger partial charge on any atom is -0.265 e. The topological polar surface area (TPSA) is 0 Å². The molecule has 1 nitrogen and oxygen atoms in total. The summed E-state index contributed by atoms with van der Waals surface area (Å²) >= 11 is 0. The molecule has 0 saturated heterocycles. The Labute approximate surface area is 38.5 Å². The van der Waals surface area contributed by atoms with Crippen LogP contribution in [0.15, 0.2) is 12.4 Å². The molecule has 0 bridgehead atoms. The van der Waals surface area contributed by atoms with Crippen LogP contribution < -0.4 is 0 Å². The highest BCUT2D eigenvalue weighted by Gasteiger charge is 2.24. The van der Waals surface area contributed by atoms with Crippen LogP contribution >= 0.6 is 0 Å². The molecule has 0 radical (unpaired) electrons. The molecule has 0 N–H and O–H groups in total. The van der Waals surface area contributed by atoms with Crippen LogP contribution in [-0.4, -0.2) is 18.1 Å². The van der Waals surface area contributed by atoms with E-state index in [9.17, 15) is 0 Å². The van der Waals surface area contributed by atoms with Gasteiger partial charge in [0.15, 0.2) is 12.4 Å². The van der Waals surface area contributed by atoms with Crippen molar-refractivity contribution < 1.29 is 4.48 Å². The first-order valence-electron chi connectivity index (χ1n) is 2.32. The first kappa shape index (κ1) is 3.88. The summed E-state index contributed by atoms with van der Waals surface area (Å²) in [5.74, 6) is 0. The molecule has 0 aromatic heterocycles. The maximum absolute atomic E-state index is 2.18. The maximum atomic E-state index is 2.18. The van der Waals surface area contributed by atoms with E-state index in [1.807, 2.05) is 0 Å². The average Bonchev–Trinajstić information content (AvgIpc) is 2.22. The van der Waals surface area contributed by atoms with Gasteiger partial charge < -0.3 is 0 Å². The molecule has 0 aromatic rings. The number of hydrogen-bond acceptors (Lipinski definition) is 0. The summed E-state index contributed by atoms with van der Waals surface area (Å²) in [6.45, 7) is 3.39. The van der Waals surface area contributed by atoms with Crippen molar-refractivity contribution in [2.24, 2.45) is 0 Å². The standard InChI is InChI=1S/C5H10N/c1-3-6(2)4-5-6/h4-5H,3H2,1-2H3/q+1. The Morgan fingerprint density at radius 1 is 1.50 bits per heavy atom. The Balaban J connectivity index is 2.32. The van der Waals surface area contributed by atoms with E-state index in [0.29, 0.717) is 0 Å². The van der Waals surface area contributed by atoms with Gasteiger partial charge in [0.1, 0.15) is 0 Å². The van der Waals surface area contributed by atoms with Crippen molar-refractivity contribution in [2.75, 3.05) is 13.6 Å². The zero-order valence-electron chi connectivity index (χ0n) is 4.31. The van der Waals surface area contributed by atoms with Crippen molar-refractivity contribution in [3.8, 4) is 0 Å². The van der Waals surface area contributed by atoms with Gasteiger partial charge in [-0.1, -0.05) is 0 Å². The highest BCUT2D eigenvalue weighted by Crippen LogP contribution is 2.16. The van der Waals surface area contributed by atoms with E-state index in [2.05, 4.69) is 26.4 Å². The zero-order valence-corrected chi connectivity index (χ0v) is 4.31. The molecule has 1 heterocycles. The normalized spacial score (nSPS) is 24.3. The van der Waals surface area contributed by atoms with Gasteiger partial charge in [-0.05, 0) is 6.92 Å². The molecule has 0 fully saturated rings. The fourth-order valence-electron chi connectivity index (χ4n) is 0.325. The molecule has 0 atom stereocenters. The summed E-state index contributed by atoms with van der Waals surface area (Å²) in [6.07, 6.45) is 4.36. The van der Waals surface area contributed by atoms with E-state index in [1.54, 1.807) is 0 Å². The maximum Gasteiger partial charge on any atom is 0.155 e. The number of quaternary nitrogens is 1. The van der Waals surface area contributed by atoms with E-state index < -0.39 is 0 Å². The Morgan fingerprint density at radius 2 is 2.00 bits per heavy atom. The lowest BCUT2D eigenvalue weighted by Gasteiger charge is -2.04. The van der Waals surface area contributed by atoms with Crippen LogP contribution in [-0.2, 0) is 0 Å². The minimum atomic E-state index is 1.07. The smallest absolute Gasteiger partial charge is 0.155 e. The number of nitrogens with zero attached hydrogens (tertiary/aromatic N) is 1. The van der Waals surface area contributed by atoms with E-state index in [-0.39, 0.29) is 0 Å². The zero-order chi connectivity index (χ0) is 4.62. The van der Waals surface area contributed by atoms with Gasteiger partial charge in [0.25, 0.3) is 0 Å². The molecule has 1 aliphatic heterocycles. The SMILES string of the molecule is CC[N+]1(C)C=C1. The quantitative estimate of drug-likeness (QED) is 0.415. The van der Waals surface area contributed by atoms with Crippen molar-refractivity contribution in [3.05, 3.63) is 12.4 Å². The minimum absolute atomic E-state index is 1.07. The van der Waals surface area contributed by atoms with Gasteiger partial charge in [-0.2, -0.15) is 0 Å². The van der Waals surface area contributed by atoms with E-state index in [0.717, 1.165) is 4.48 Å². The largest absolute Gasteiger partial charge is 0.265 e. The molecule has 1 aliphatic rings. The van der Waals surface area contributed by atoms with Crippen molar-refractivity contribution in [1.82, 2.24) is 0 Å². The molecule has 0 spiro atoms. The summed E-state index contributed by atoms with van der Waals surface area (Å²) in [5, 5.41) is 0. The Bertz CT molecular complexity index is 77.9. The van der Waals surface area contributed by atoms with Crippen LogP contribution in [0, 0.1) is 0 Å². The second-order valence-electron chi connectivity index (χ2n) is 1.96. The second-order valence-corrected chi connectivity index (χ2v) is 1.96. The first-order valence-corrected chi connectivity index (χ1v) is 2.32. The Hall–Kier alpha value is -0.300. The van der Waals surface area contributed by atoms with Gasteiger partial charge in [-0.15, -0.1) is 0 Å². The van der Waals surface area contributed by atoms with Crippen LogP contribution in [0.25, 0.3) is 0 Å². The van der Waals surface area contributed by atoms with E-state index >= 15 is 0 Å². The average molecular weight is 84.1 g/mol. The van der Waals surface area contributed by atoms with E-state index in [4.69, 9.17) is 0 Å². The molecule has 0 unspecified atom stereocenters. The summed E-state index contributed by atoms with van der Waals surface area (Å²) in [6, 6.07) is 0. The molecule has 6 heavy (non-hydrogen) atoms. The summed E-state index contributed by atoms with van der Waals surface area (Å²) in [4.78, 5) is 0. The highest BCUT2D eigenvalue weighted by atomic mass is 15.4. The van der Waals surface area contributed by atoms with E-state index in [1.165, 1.54) is 6.54 Å². The van der Waals surface area contributed by atoms with Crippen LogP contribution in [0.3, 0.4) is 0 Å². The lowest BCUT2D eigenvalue weighted by Crippen LogP contribution is -2.16. The van der Waals surface area contributed by atoms with Gasteiger partial charge >= 0.3 is 0 Å². The van der Waals surface area contributed by atoms with Crippen molar-refractivity contribution in [1.29, 1.82) is 0 Å². The fourth-order valence-corrected chi connectivity index (χ4v) is 0.325. The molecular formula is C5H10N+. The molecule has 1 heteroatoms. The molecule has 1 rings (SSSR count). The monoisotopic (exact) mass is 84.1 g/mol. The predicted octanol–water partition coefficient (Wildman–Crippen LogP) is 0.938. The molecule has 0 aromatic carbocycles. The van der Waals surface area contributed by atoms with Gasteiger partial charge in [-0.3, -0.25) is 4.48 Å². The molecule has 0 aliphatic carbocycles. The third-order valence-electron chi connectivity index (χ3n) is 1.34. The van der Waals surface area contributed by atoms with Crippen molar-refractivity contribution in [3.63, 3.8) is 0 Å². The third kappa shape index (κ3) is 0.455. The lowest BCUT2D eigenvalue weighted by atomic mass is 10.7. The van der Waals surface area contributed by atoms with Crippen LogP contribution in [0.2, 0.25) is 0 Å². The predicted molar refractivity (Wildman–Crippen MR) is 25.9 cm³/mol. The summed E-state index contributed by atoms with van der Waals surface area (Å²) in [7, 11) is 2.18. The molecule has 34 valence electrons. The lowest BCUT2D eigenvalue weighted by molar-refractivity contribution is -0.742. The van der Waals surface area contributed by atoms with Gasteiger partial charge in [-0.25, -0.2) is 0 Å². The first-order chi connectivity index (χ1) is 2.77. The highest BCUT2D eigenvalue weighted by molar-refractivity contribution is 4.80. The van der Waals surface area contributed by atoms with Crippen molar-refractivity contribution in [2.45, 2.75) is 6.92 Å². The number of hydrogen-bond donors (Lipinski definition) is 0. The Morgan fingerprint density at radius 3 is 2.00 bits per heavy atom. The van der Waals surface area contributed by atoms with Crippen molar-refractivity contribution >= 4 is 0 Å². The Kier molecular flexibility index (Phi) is 0.549. The van der Waals surface area contributed by atoms with Crippen LogP contribution in [0.4, 0.5) is 0 Å². The fraction of sp³-hybridized carbons (Fsp3) is 0.600. The van der Waals surface area contributed by atoms with Crippen LogP contribution in [0.1, 0.15) is 6.92 Å². The number of rotatable bonds is 1.